The van der Waals surface area contributed by atoms with Gasteiger partial charge in [0.25, 0.3) is 0 Å². The highest BCUT2D eigenvalue weighted by Crippen LogP contribution is 2.37. The fourth-order valence-electron chi connectivity index (χ4n) is 2.75. The van der Waals surface area contributed by atoms with Gasteiger partial charge in [0, 0.05) is 13.1 Å². The zero-order chi connectivity index (χ0) is 15.1. The van der Waals surface area contributed by atoms with E-state index in [1.165, 1.54) is 12.1 Å². The monoisotopic (exact) mass is 293 g/mol. The maximum absolute atomic E-state index is 12.8. The fourth-order valence-corrected chi connectivity index (χ4v) is 2.75. The van der Waals surface area contributed by atoms with Crippen molar-refractivity contribution in [2.24, 2.45) is 5.41 Å². The summed E-state index contributed by atoms with van der Waals surface area (Å²) in [4.78, 5) is 14.0. The molecule has 0 radical (unpaired) electrons. The fraction of sp³-hybridized carbons (Fsp3) is 0.562. The van der Waals surface area contributed by atoms with E-state index in [1.54, 1.807) is 12.1 Å². The third kappa shape index (κ3) is 3.09. The normalized spacial score (nSPS) is 22.9. The molecular formula is C16H20FNO3. The standard InChI is InChI=1S/C16H20FNO3/c1-15(2)20-10-16(11-21-15)8-18(9-16)14(19)7-12-3-5-13(17)6-4-12/h3-6H,7-11H2,1-2H3. The molecule has 21 heavy (non-hydrogen) atoms. The van der Waals surface area contributed by atoms with Crippen molar-refractivity contribution in [3.05, 3.63) is 35.6 Å². The predicted molar refractivity (Wildman–Crippen MR) is 75.1 cm³/mol. The van der Waals surface area contributed by atoms with Gasteiger partial charge in [-0.2, -0.15) is 0 Å². The van der Waals surface area contributed by atoms with Gasteiger partial charge in [0.2, 0.25) is 5.91 Å². The van der Waals surface area contributed by atoms with Gasteiger partial charge in [-0.05, 0) is 31.5 Å². The molecule has 0 saturated carbocycles. The quantitative estimate of drug-likeness (QED) is 0.837. The van der Waals surface area contributed by atoms with Crippen molar-refractivity contribution in [3.8, 4) is 0 Å². The molecule has 0 N–H and O–H groups in total. The third-order valence-electron chi connectivity index (χ3n) is 4.13. The van der Waals surface area contributed by atoms with E-state index in [-0.39, 0.29) is 17.1 Å². The Morgan fingerprint density at radius 2 is 1.76 bits per heavy atom. The van der Waals surface area contributed by atoms with Gasteiger partial charge in [-0.3, -0.25) is 4.79 Å². The van der Waals surface area contributed by atoms with Crippen LogP contribution in [0.4, 0.5) is 4.39 Å². The van der Waals surface area contributed by atoms with Crippen LogP contribution >= 0.6 is 0 Å². The number of rotatable bonds is 2. The molecule has 2 saturated heterocycles. The van der Waals surface area contributed by atoms with Gasteiger partial charge in [-0.25, -0.2) is 4.39 Å². The average molecular weight is 293 g/mol. The smallest absolute Gasteiger partial charge is 0.227 e. The SMILES string of the molecule is CC1(C)OCC2(CO1)CN(C(=O)Cc1ccc(F)cc1)C2. The number of benzene rings is 1. The van der Waals surface area contributed by atoms with Crippen LogP contribution in [0.5, 0.6) is 0 Å². The van der Waals surface area contributed by atoms with Gasteiger partial charge in [-0.15, -0.1) is 0 Å². The minimum Gasteiger partial charge on any atom is -0.350 e. The van der Waals surface area contributed by atoms with E-state index in [2.05, 4.69) is 0 Å². The van der Waals surface area contributed by atoms with Crippen molar-refractivity contribution in [2.75, 3.05) is 26.3 Å². The van der Waals surface area contributed by atoms with E-state index in [9.17, 15) is 9.18 Å². The van der Waals surface area contributed by atoms with Crippen LogP contribution in [-0.4, -0.2) is 42.9 Å². The highest BCUT2D eigenvalue weighted by Gasteiger charge is 2.49. The Labute approximate surface area is 123 Å². The second kappa shape index (κ2) is 5.07. The Bertz CT molecular complexity index is 523. The molecule has 2 fully saturated rings. The summed E-state index contributed by atoms with van der Waals surface area (Å²) in [5, 5.41) is 0. The van der Waals surface area contributed by atoms with Gasteiger partial charge in [0.05, 0.1) is 25.0 Å². The number of ether oxygens (including phenoxy) is 2. The summed E-state index contributed by atoms with van der Waals surface area (Å²) in [6.07, 6.45) is 0.309. The maximum Gasteiger partial charge on any atom is 0.227 e. The highest BCUT2D eigenvalue weighted by molar-refractivity contribution is 5.79. The van der Waals surface area contributed by atoms with Crippen LogP contribution in [0.3, 0.4) is 0 Å². The number of hydrogen-bond donors (Lipinski definition) is 0. The van der Waals surface area contributed by atoms with Gasteiger partial charge in [0.15, 0.2) is 5.79 Å². The highest BCUT2D eigenvalue weighted by atomic mass is 19.1. The molecule has 5 heteroatoms. The van der Waals surface area contributed by atoms with E-state index < -0.39 is 5.79 Å². The van der Waals surface area contributed by atoms with Crippen molar-refractivity contribution in [1.82, 2.24) is 4.90 Å². The summed E-state index contributed by atoms with van der Waals surface area (Å²) in [5.74, 6) is -0.741. The summed E-state index contributed by atoms with van der Waals surface area (Å²) < 4.78 is 24.2. The molecule has 2 aliphatic heterocycles. The lowest BCUT2D eigenvalue weighted by molar-refractivity contribution is -0.302. The number of nitrogens with zero attached hydrogens (tertiary/aromatic N) is 1. The van der Waals surface area contributed by atoms with Crippen LogP contribution in [0, 0.1) is 11.2 Å². The second-order valence-corrected chi connectivity index (χ2v) is 6.53. The molecule has 1 aromatic rings. The molecule has 4 nitrogen and oxygen atoms in total. The topological polar surface area (TPSA) is 38.8 Å². The van der Waals surface area contributed by atoms with Gasteiger partial charge in [0.1, 0.15) is 5.82 Å². The number of halogens is 1. The van der Waals surface area contributed by atoms with E-state index >= 15 is 0 Å². The summed E-state index contributed by atoms with van der Waals surface area (Å²) in [7, 11) is 0. The lowest BCUT2D eigenvalue weighted by atomic mass is 9.80. The summed E-state index contributed by atoms with van der Waals surface area (Å²) >= 11 is 0. The molecule has 1 amide bonds. The molecular weight excluding hydrogens is 273 g/mol. The lowest BCUT2D eigenvalue weighted by Gasteiger charge is -2.54. The maximum atomic E-state index is 12.8. The van der Waals surface area contributed by atoms with E-state index in [0.29, 0.717) is 32.7 Å². The first-order valence-corrected chi connectivity index (χ1v) is 7.18. The molecule has 2 aliphatic rings. The Morgan fingerprint density at radius 1 is 1.19 bits per heavy atom. The zero-order valence-electron chi connectivity index (χ0n) is 12.4. The number of carbonyl (C=O) groups is 1. The summed E-state index contributed by atoms with van der Waals surface area (Å²) in [6, 6.07) is 6.06. The molecule has 0 atom stereocenters. The molecule has 3 rings (SSSR count). The van der Waals surface area contributed by atoms with Crippen molar-refractivity contribution in [3.63, 3.8) is 0 Å². The largest absolute Gasteiger partial charge is 0.350 e. The van der Waals surface area contributed by atoms with Crippen molar-refractivity contribution in [2.45, 2.75) is 26.1 Å². The van der Waals surface area contributed by atoms with Gasteiger partial charge >= 0.3 is 0 Å². The minimum absolute atomic E-state index is 0.0476. The number of likely N-dealkylation sites (tertiary alicyclic amines) is 1. The van der Waals surface area contributed by atoms with Crippen molar-refractivity contribution >= 4 is 5.91 Å². The van der Waals surface area contributed by atoms with E-state index in [4.69, 9.17) is 9.47 Å². The summed E-state index contributed by atoms with van der Waals surface area (Å²) in [5.41, 5.74) is 0.785. The average Bonchev–Trinajstić information content (AvgIpc) is 2.39. The molecule has 1 aromatic carbocycles. The number of amides is 1. The van der Waals surface area contributed by atoms with Crippen LogP contribution in [-0.2, 0) is 20.7 Å². The van der Waals surface area contributed by atoms with Crippen LogP contribution in [0.1, 0.15) is 19.4 Å². The van der Waals surface area contributed by atoms with Crippen LogP contribution < -0.4 is 0 Å². The molecule has 0 aliphatic carbocycles. The molecule has 0 bridgehead atoms. The van der Waals surface area contributed by atoms with E-state index in [0.717, 1.165) is 5.56 Å². The summed E-state index contributed by atoms with van der Waals surface area (Å²) in [6.45, 7) is 6.39. The van der Waals surface area contributed by atoms with Crippen molar-refractivity contribution in [1.29, 1.82) is 0 Å². The Balaban J connectivity index is 1.52. The Kier molecular flexibility index (Phi) is 3.50. The number of carbonyl (C=O) groups excluding carboxylic acids is 1. The Morgan fingerprint density at radius 3 is 2.33 bits per heavy atom. The molecule has 0 unspecified atom stereocenters. The van der Waals surface area contributed by atoms with Gasteiger partial charge in [-0.1, -0.05) is 12.1 Å². The predicted octanol–water partition coefficient (Wildman–Crippen LogP) is 1.98. The van der Waals surface area contributed by atoms with Crippen LogP contribution in [0.15, 0.2) is 24.3 Å². The third-order valence-corrected chi connectivity index (χ3v) is 4.13. The van der Waals surface area contributed by atoms with Crippen LogP contribution in [0.25, 0.3) is 0 Å². The number of hydrogen-bond acceptors (Lipinski definition) is 3. The lowest BCUT2D eigenvalue weighted by Crippen LogP contribution is -2.66. The Hall–Kier alpha value is -1.46. The first-order chi connectivity index (χ1) is 9.88. The van der Waals surface area contributed by atoms with Crippen LogP contribution in [0.2, 0.25) is 0 Å². The zero-order valence-corrected chi connectivity index (χ0v) is 12.4. The minimum atomic E-state index is -0.524. The van der Waals surface area contributed by atoms with Crippen molar-refractivity contribution < 1.29 is 18.7 Å². The first-order valence-electron chi connectivity index (χ1n) is 7.18. The van der Waals surface area contributed by atoms with Gasteiger partial charge < -0.3 is 14.4 Å². The molecule has 2 heterocycles. The van der Waals surface area contributed by atoms with E-state index in [1.807, 2.05) is 18.7 Å². The molecule has 0 aromatic heterocycles. The first kappa shape index (κ1) is 14.5. The molecule has 114 valence electrons. The second-order valence-electron chi connectivity index (χ2n) is 6.53. The molecule has 1 spiro atoms.